The van der Waals surface area contributed by atoms with Crippen LogP contribution in [0.15, 0.2) is 89.8 Å². The number of sulfonamides is 1. The summed E-state index contributed by atoms with van der Waals surface area (Å²) in [6.07, 6.45) is 5.78. The molecule has 1 fully saturated rings. The van der Waals surface area contributed by atoms with Crippen molar-refractivity contribution in [2.75, 3.05) is 38.2 Å². The first-order valence-corrected chi connectivity index (χ1v) is 13.2. The minimum absolute atomic E-state index is 0.149. The Morgan fingerprint density at radius 2 is 1.57 bits per heavy atom. The Morgan fingerprint density at radius 3 is 2.23 bits per heavy atom. The Labute approximate surface area is 208 Å². The fourth-order valence-corrected chi connectivity index (χ4v) is 6.09. The minimum atomic E-state index is -3.78. The highest BCUT2D eigenvalue weighted by atomic mass is 32.2. The highest BCUT2D eigenvalue weighted by molar-refractivity contribution is 7.92. The molecule has 0 bridgehead atoms. The topological polar surface area (TPSA) is 59.1 Å². The maximum atomic E-state index is 13.9. The maximum absolute atomic E-state index is 13.9. The number of rotatable bonds is 9. The standard InChI is InChI=1S/C28H32N2O4S/c1-33-26-13-15-28(16-14-26)35(31,32)30(25-11-6-12-27(22-25)34-2)24-17-20-29(21-18-24)19-7-10-23-8-4-3-5-9-23/h3-16,22,24H,17-21H2,1-2H3/b10-7+. The van der Waals surface area contributed by atoms with E-state index in [0.717, 1.165) is 32.5 Å². The predicted octanol–water partition coefficient (Wildman–Crippen LogP) is 5.08. The second-order valence-corrected chi connectivity index (χ2v) is 10.3. The molecule has 1 aliphatic rings. The van der Waals surface area contributed by atoms with Gasteiger partial charge in [-0.3, -0.25) is 9.21 Å². The SMILES string of the molecule is COc1ccc(S(=O)(=O)N(c2cccc(OC)c2)C2CCN(C/C=C/c3ccccc3)CC2)cc1. The fourth-order valence-electron chi connectivity index (χ4n) is 4.39. The van der Waals surface area contributed by atoms with Crippen LogP contribution in [-0.2, 0) is 10.0 Å². The zero-order chi connectivity index (χ0) is 24.7. The van der Waals surface area contributed by atoms with Crippen LogP contribution in [0.25, 0.3) is 6.08 Å². The molecule has 0 aliphatic carbocycles. The summed E-state index contributed by atoms with van der Waals surface area (Å²) >= 11 is 0. The van der Waals surface area contributed by atoms with Crippen molar-refractivity contribution in [1.82, 2.24) is 4.90 Å². The smallest absolute Gasteiger partial charge is 0.264 e. The third-order valence-electron chi connectivity index (χ3n) is 6.29. The van der Waals surface area contributed by atoms with Crippen molar-refractivity contribution >= 4 is 21.8 Å². The summed E-state index contributed by atoms with van der Waals surface area (Å²) in [5.74, 6) is 1.25. The molecule has 3 aromatic rings. The van der Waals surface area contributed by atoms with E-state index in [1.54, 1.807) is 48.9 Å². The van der Waals surface area contributed by atoms with Gasteiger partial charge in [0.15, 0.2) is 0 Å². The van der Waals surface area contributed by atoms with Gasteiger partial charge in [0, 0.05) is 31.7 Å². The summed E-state index contributed by atoms with van der Waals surface area (Å²) in [5.41, 5.74) is 1.79. The molecule has 1 saturated heterocycles. The van der Waals surface area contributed by atoms with Crippen molar-refractivity contribution in [3.8, 4) is 11.5 Å². The lowest BCUT2D eigenvalue weighted by Gasteiger charge is -2.38. The quantitative estimate of drug-likeness (QED) is 0.417. The number of hydrogen-bond acceptors (Lipinski definition) is 5. The largest absolute Gasteiger partial charge is 0.497 e. The molecule has 0 amide bonds. The van der Waals surface area contributed by atoms with Crippen LogP contribution in [0.1, 0.15) is 18.4 Å². The van der Waals surface area contributed by atoms with Gasteiger partial charge in [0.2, 0.25) is 0 Å². The zero-order valence-corrected chi connectivity index (χ0v) is 21.0. The summed E-state index contributed by atoms with van der Waals surface area (Å²) in [5, 5.41) is 0. The Hall–Kier alpha value is -3.29. The van der Waals surface area contributed by atoms with E-state index in [1.807, 2.05) is 36.4 Å². The van der Waals surface area contributed by atoms with Crippen LogP contribution in [0.5, 0.6) is 11.5 Å². The van der Waals surface area contributed by atoms with Crippen molar-refractivity contribution in [1.29, 1.82) is 0 Å². The molecule has 0 spiro atoms. The third-order valence-corrected chi connectivity index (χ3v) is 8.18. The molecule has 184 valence electrons. The molecule has 35 heavy (non-hydrogen) atoms. The van der Waals surface area contributed by atoms with Crippen LogP contribution < -0.4 is 13.8 Å². The number of benzene rings is 3. The van der Waals surface area contributed by atoms with Crippen molar-refractivity contribution < 1.29 is 17.9 Å². The number of hydrogen-bond donors (Lipinski definition) is 0. The second-order valence-electron chi connectivity index (χ2n) is 8.52. The summed E-state index contributed by atoms with van der Waals surface area (Å²) in [6.45, 7) is 2.48. The third kappa shape index (κ3) is 6.05. The van der Waals surface area contributed by atoms with E-state index in [9.17, 15) is 8.42 Å². The Kier molecular flexibility index (Phi) is 8.10. The lowest BCUT2D eigenvalue weighted by molar-refractivity contribution is 0.235. The first kappa shape index (κ1) is 24.8. The molecular formula is C28H32N2O4S. The lowest BCUT2D eigenvalue weighted by atomic mass is 10.0. The highest BCUT2D eigenvalue weighted by Gasteiger charge is 2.34. The number of ether oxygens (including phenoxy) is 2. The van der Waals surface area contributed by atoms with Gasteiger partial charge in [0.1, 0.15) is 11.5 Å². The second kappa shape index (κ2) is 11.4. The van der Waals surface area contributed by atoms with E-state index in [-0.39, 0.29) is 10.9 Å². The highest BCUT2D eigenvalue weighted by Crippen LogP contribution is 2.33. The molecular weight excluding hydrogens is 460 g/mol. The van der Waals surface area contributed by atoms with Gasteiger partial charge in [-0.1, -0.05) is 48.6 Å². The van der Waals surface area contributed by atoms with Crippen molar-refractivity contribution in [3.63, 3.8) is 0 Å². The van der Waals surface area contributed by atoms with E-state index < -0.39 is 10.0 Å². The van der Waals surface area contributed by atoms with E-state index in [0.29, 0.717) is 17.2 Å². The molecule has 0 unspecified atom stereocenters. The van der Waals surface area contributed by atoms with Crippen LogP contribution >= 0.6 is 0 Å². The van der Waals surface area contributed by atoms with Crippen LogP contribution in [0.3, 0.4) is 0 Å². The number of piperidine rings is 1. The van der Waals surface area contributed by atoms with Gasteiger partial charge < -0.3 is 9.47 Å². The van der Waals surface area contributed by atoms with Crippen molar-refractivity contribution in [3.05, 3.63) is 90.5 Å². The number of methoxy groups -OCH3 is 2. The average molecular weight is 493 g/mol. The number of anilines is 1. The van der Waals surface area contributed by atoms with E-state index in [2.05, 4.69) is 29.2 Å². The van der Waals surface area contributed by atoms with Gasteiger partial charge in [0.25, 0.3) is 10.0 Å². The molecule has 3 aromatic carbocycles. The average Bonchev–Trinajstić information content (AvgIpc) is 2.90. The summed E-state index contributed by atoms with van der Waals surface area (Å²) < 4.78 is 39.9. The normalized spacial score (nSPS) is 15.3. The molecule has 1 aliphatic heterocycles. The molecule has 0 aromatic heterocycles. The summed E-state index contributed by atoms with van der Waals surface area (Å²) in [4.78, 5) is 2.61. The van der Waals surface area contributed by atoms with Gasteiger partial charge in [-0.2, -0.15) is 0 Å². The maximum Gasteiger partial charge on any atom is 0.264 e. The molecule has 0 atom stereocenters. The Balaban J connectivity index is 1.53. The summed E-state index contributed by atoms with van der Waals surface area (Å²) in [6, 6.07) is 23.9. The first-order chi connectivity index (χ1) is 17.0. The van der Waals surface area contributed by atoms with Gasteiger partial charge in [-0.15, -0.1) is 0 Å². The van der Waals surface area contributed by atoms with Gasteiger partial charge in [-0.05, 0) is 54.8 Å². The predicted molar refractivity (Wildman–Crippen MR) is 141 cm³/mol. The zero-order valence-electron chi connectivity index (χ0n) is 20.2. The minimum Gasteiger partial charge on any atom is -0.497 e. The number of likely N-dealkylation sites (tertiary alicyclic amines) is 1. The lowest BCUT2D eigenvalue weighted by Crippen LogP contribution is -2.47. The molecule has 1 heterocycles. The molecule has 4 rings (SSSR count). The molecule has 0 radical (unpaired) electrons. The van der Waals surface area contributed by atoms with E-state index >= 15 is 0 Å². The first-order valence-electron chi connectivity index (χ1n) is 11.8. The van der Waals surface area contributed by atoms with Gasteiger partial charge in [0.05, 0.1) is 24.8 Å². The fraction of sp³-hybridized carbons (Fsp3) is 0.286. The van der Waals surface area contributed by atoms with Crippen LogP contribution in [0, 0.1) is 0 Å². The van der Waals surface area contributed by atoms with Gasteiger partial charge in [-0.25, -0.2) is 8.42 Å². The monoisotopic (exact) mass is 492 g/mol. The van der Waals surface area contributed by atoms with Crippen LogP contribution in [0.2, 0.25) is 0 Å². The molecule has 0 saturated carbocycles. The van der Waals surface area contributed by atoms with Crippen molar-refractivity contribution in [2.45, 2.75) is 23.8 Å². The number of nitrogens with zero attached hydrogens (tertiary/aromatic N) is 2. The van der Waals surface area contributed by atoms with E-state index in [4.69, 9.17) is 9.47 Å². The van der Waals surface area contributed by atoms with Crippen molar-refractivity contribution in [2.24, 2.45) is 0 Å². The Bertz CT molecular complexity index is 1220. The van der Waals surface area contributed by atoms with E-state index in [1.165, 1.54) is 5.56 Å². The summed E-state index contributed by atoms with van der Waals surface area (Å²) in [7, 11) is -0.634. The van der Waals surface area contributed by atoms with Crippen LogP contribution in [-0.4, -0.2) is 53.2 Å². The molecule has 6 nitrogen and oxygen atoms in total. The van der Waals surface area contributed by atoms with Gasteiger partial charge >= 0.3 is 0 Å². The Morgan fingerprint density at radius 1 is 0.886 bits per heavy atom. The molecule has 0 N–H and O–H groups in total. The van der Waals surface area contributed by atoms with Crippen LogP contribution in [0.4, 0.5) is 5.69 Å². The molecule has 7 heteroatoms.